The summed E-state index contributed by atoms with van der Waals surface area (Å²) in [5, 5.41) is 10.9. The smallest absolute Gasteiger partial charge is 0.250 e. The van der Waals surface area contributed by atoms with Crippen LogP contribution in [0.25, 0.3) is 0 Å². The van der Waals surface area contributed by atoms with Gasteiger partial charge in [-0.1, -0.05) is 0 Å². The average Bonchev–Trinajstić information content (AvgIpc) is 2.95. The van der Waals surface area contributed by atoms with Gasteiger partial charge >= 0.3 is 0 Å². The molecule has 6 nitrogen and oxygen atoms in total. The van der Waals surface area contributed by atoms with Crippen molar-refractivity contribution in [2.45, 2.75) is 42.9 Å². The second kappa shape index (κ2) is 4.09. The Labute approximate surface area is 116 Å². The van der Waals surface area contributed by atoms with Gasteiger partial charge in [-0.2, -0.15) is 5.26 Å². The van der Waals surface area contributed by atoms with E-state index in [1.54, 1.807) is 28.8 Å². The van der Waals surface area contributed by atoms with Crippen molar-refractivity contribution >= 4 is 17.7 Å². The lowest BCUT2D eigenvalue weighted by Gasteiger charge is -2.36. The zero-order valence-electron chi connectivity index (χ0n) is 11.3. The Balaban J connectivity index is 1.96. The average molecular weight is 283 g/mol. The first-order valence-electron chi connectivity index (χ1n) is 6.29. The number of nitrogens with zero attached hydrogens (tertiary/aromatic N) is 3. The molecular weight excluding hydrogens is 266 g/mol. The van der Waals surface area contributed by atoms with Crippen molar-refractivity contribution in [3.63, 3.8) is 0 Å². The molecule has 0 aromatic heterocycles. The maximum absolute atomic E-state index is 12.8. The molecule has 2 unspecified atom stereocenters. The van der Waals surface area contributed by atoms with Crippen LogP contribution in [0.1, 0.15) is 20.3 Å². The van der Waals surface area contributed by atoms with Gasteiger partial charge in [0.15, 0.2) is 5.54 Å². The molecule has 1 amide bonds. The Morgan fingerprint density at radius 2 is 2.32 bits per heavy atom. The summed E-state index contributed by atoms with van der Waals surface area (Å²) in [6.45, 7) is 4.09. The minimum atomic E-state index is -0.772. The maximum Gasteiger partial charge on any atom is 0.250 e. The van der Waals surface area contributed by atoms with Crippen molar-refractivity contribution in [3.05, 3.63) is 0 Å². The summed E-state index contributed by atoms with van der Waals surface area (Å²) in [6.07, 6.45) is 0.645. The molecule has 3 saturated heterocycles. The Hall–Kier alpha value is -0.810. The van der Waals surface area contributed by atoms with Crippen LogP contribution in [-0.2, 0) is 14.4 Å². The van der Waals surface area contributed by atoms with E-state index < -0.39 is 11.3 Å². The van der Waals surface area contributed by atoms with Gasteiger partial charge in [-0.3, -0.25) is 9.63 Å². The highest BCUT2D eigenvalue weighted by molar-refractivity contribution is 8.00. The third kappa shape index (κ3) is 1.57. The van der Waals surface area contributed by atoms with E-state index in [0.29, 0.717) is 18.8 Å². The van der Waals surface area contributed by atoms with E-state index in [9.17, 15) is 4.79 Å². The molecule has 0 aromatic rings. The predicted molar refractivity (Wildman–Crippen MR) is 68.7 cm³/mol. The lowest BCUT2D eigenvalue weighted by molar-refractivity contribution is -0.256. The first-order chi connectivity index (χ1) is 8.96. The van der Waals surface area contributed by atoms with E-state index in [4.69, 9.17) is 14.8 Å². The molecule has 3 aliphatic heterocycles. The number of thioether (sulfide) groups is 1. The van der Waals surface area contributed by atoms with Gasteiger partial charge in [0, 0.05) is 12.2 Å². The Morgan fingerprint density at radius 3 is 2.95 bits per heavy atom. The minimum Gasteiger partial charge on any atom is -0.356 e. The van der Waals surface area contributed by atoms with E-state index in [1.807, 2.05) is 13.8 Å². The molecule has 7 heteroatoms. The number of hydrogen-bond acceptors (Lipinski definition) is 6. The van der Waals surface area contributed by atoms with Crippen molar-refractivity contribution in [3.8, 4) is 6.07 Å². The van der Waals surface area contributed by atoms with Crippen LogP contribution < -0.4 is 0 Å². The monoisotopic (exact) mass is 283 g/mol. The van der Waals surface area contributed by atoms with Crippen LogP contribution in [-0.4, -0.2) is 58.0 Å². The summed E-state index contributed by atoms with van der Waals surface area (Å²) in [5.41, 5.74) is -1.40. The Bertz CT molecular complexity index is 464. The van der Waals surface area contributed by atoms with Gasteiger partial charge in [0.05, 0.1) is 25.2 Å². The van der Waals surface area contributed by atoms with Crippen molar-refractivity contribution < 1.29 is 14.4 Å². The summed E-state index contributed by atoms with van der Waals surface area (Å²) in [4.78, 5) is 19.9. The predicted octanol–water partition coefficient (Wildman–Crippen LogP) is 0.552. The summed E-state index contributed by atoms with van der Waals surface area (Å²) in [7, 11) is 1.56. The standard InChI is InChI=1S/C12H17N3O3S/c1-11(2)15(17-3)12(7-18-11)4-9-14(10(12)16)8(5-13)6-19-9/h8-9H,4,6-7H2,1-3H3/t8?,9?,12-/m0/s1. The zero-order chi connectivity index (χ0) is 13.8. The third-order valence-electron chi connectivity index (χ3n) is 4.11. The van der Waals surface area contributed by atoms with Crippen LogP contribution in [0.2, 0.25) is 0 Å². The molecule has 3 heterocycles. The molecule has 0 N–H and O–H groups in total. The fourth-order valence-electron chi connectivity index (χ4n) is 3.32. The summed E-state index contributed by atoms with van der Waals surface area (Å²) >= 11 is 1.67. The second-order valence-electron chi connectivity index (χ2n) is 5.59. The van der Waals surface area contributed by atoms with Gasteiger partial charge < -0.3 is 9.64 Å². The molecule has 3 aliphatic rings. The third-order valence-corrected chi connectivity index (χ3v) is 5.40. The minimum absolute atomic E-state index is 0.0403. The first kappa shape index (κ1) is 13.2. The van der Waals surface area contributed by atoms with E-state index in [2.05, 4.69) is 6.07 Å². The van der Waals surface area contributed by atoms with Gasteiger partial charge in [-0.05, 0) is 13.8 Å². The Kier molecular flexibility index (Phi) is 2.84. The van der Waals surface area contributed by atoms with Crippen molar-refractivity contribution in [2.75, 3.05) is 19.5 Å². The molecule has 0 bridgehead atoms. The van der Waals surface area contributed by atoms with E-state index >= 15 is 0 Å². The SMILES string of the molecule is CON1C(C)(C)OC[C@]12CC1SCC(C#N)N1C2=O. The lowest BCUT2D eigenvalue weighted by atomic mass is 9.98. The fraction of sp³-hybridized carbons (Fsp3) is 0.833. The normalized spacial score (nSPS) is 40.9. The highest BCUT2D eigenvalue weighted by Gasteiger charge is 2.66. The number of hydroxylamine groups is 2. The molecular formula is C12H17N3O3S. The second-order valence-corrected chi connectivity index (χ2v) is 6.80. The number of ether oxygens (including phenoxy) is 1. The molecule has 0 aromatic carbocycles. The number of fused-ring (bicyclic) bond motifs is 1. The van der Waals surface area contributed by atoms with Crippen molar-refractivity contribution in [2.24, 2.45) is 0 Å². The maximum atomic E-state index is 12.8. The number of carbonyl (C=O) groups excluding carboxylic acids is 1. The summed E-state index contributed by atoms with van der Waals surface area (Å²) < 4.78 is 5.75. The number of nitriles is 1. The van der Waals surface area contributed by atoms with E-state index in [1.165, 1.54) is 0 Å². The molecule has 0 aliphatic carbocycles. The van der Waals surface area contributed by atoms with E-state index in [-0.39, 0.29) is 17.3 Å². The van der Waals surface area contributed by atoms with Crippen LogP contribution >= 0.6 is 11.8 Å². The highest BCUT2D eigenvalue weighted by Crippen LogP contribution is 2.49. The van der Waals surface area contributed by atoms with E-state index in [0.717, 1.165) is 0 Å². The number of rotatable bonds is 1. The first-order valence-corrected chi connectivity index (χ1v) is 7.33. The number of hydrogen-bond donors (Lipinski definition) is 0. The van der Waals surface area contributed by atoms with Crippen LogP contribution in [0.3, 0.4) is 0 Å². The van der Waals surface area contributed by atoms with Crippen LogP contribution in [0.5, 0.6) is 0 Å². The molecule has 1 spiro atoms. The summed E-state index contributed by atoms with van der Waals surface area (Å²) in [5.74, 6) is 0.654. The van der Waals surface area contributed by atoms with Crippen molar-refractivity contribution in [1.82, 2.24) is 9.96 Å². The van der Waals surface area contributed by atoms with Crippen LogP contribution in [0, 0.1) is 11.3 Å². The van der Waals surface area contributed by atoms with Gasteiger partial charge in [0.1, 0.15) is 11.8 Å². The molecule has 19 heavy (non-hydrogen) atoms. The number of carbonyl (C=O) groups is 1. The van der Waals surface area contributed by atoms with Crippen LogP contribution in [0.15, 0.2) is 0 Å². The Morgan fingerprint density at radius 1 is 1.58 bits per heavy atom. The quantitative estimate of drug-likeness (QED) is 0.700. The zero-order valence-corrected chi connectivity index (χ0v) is 12.1. The molecule has 3 atom stereocenters. The lowest BCUT2D eigenvalue weighted by Crippen LogP contribution is -2.57. The van der Waals surface area contributed by atoms with Gasteiger partial charge in [-0.15, -0.1) is 16.8 Å². The fourth-order valence-corrected chi connectivity index (χ4v) is 4.76. The van der Waals surface area contributed by atoms with Gasteiger partial charge in [-0.25, -0.2) is 0 Å². The molecule has 3 rings (SSSR count). The van der Waals surface area contributed by atoms with Gasteiger partial charge in [0.25, 0.3) is 0 Å². The molecule has 3 fully saturated rings. The van der Waals surface area contributed by atoms with Crippen LogP contribution in [0.4, 0.5) is 0 Å². The molecule has 0 radical (unpaired) electrons. The largest absolute Gasteiger partial charge is 0.356 e. The van der Waals surface area contributed by atoms with Gasteiger partial charge in [0.2, 0.25) is 5.91 Å². The molecule has 104 valence electrons. The molecule has 0 saturated carbocycles. The topological polar surface area (TPSA) is 65.8 Å². The van der Waals surface area contributed by atoms with Crippen molar-refractivity contribution in [1.29, 1.82) is 5.26 Å². The highest BCUT2D eigenvalue weighted by atomic mass is 32.2. The summed E-state index contributed by atoms with van der Waals surface area (Å²) in [6, 6.07) is 1.88. The number of amides is 1.